The number of hydrogen-bond acceptors (Lipinski definition) is 4. The third-order valence-electron chi connectivity index (χ3n) is 5.62. The smallest absolute Gasteiger partial charge is 0.0473 e. The molecule has 2 unspecified atom stereocenters. The third kappa shape index (κ3) is 2.90. The van der Waals surface area contributed by atoms with E-state index in [0.717, 1.165) is 18.6 Å². The monoisotopic (exact) mass is 297 g/mol. The van der Waals surface area contributed by atoms with Crippen molar-refractivity contribution in [1.29, 1.82) is 0 Å². The van der Waals surface area contributed by atoms with Crippen molar-refractivity contribution in [2.24, 2.45) is 5.73 Å². The maximum Gasteiger partial charge on any atom is 0.0473 e. The molecule has 2 aliphatic heterocycles. The second kappa shape index (κ2) is 5.45. The molecule has 0 amide bonds. The van der Waals surface area contributed by atoms with Crippen LogP contribution in [0.2, 0.25) is 0 Å². The summed E-state index contributed by atoms with van der Waals surface area (Å²) in [5.74, 6) is 1.26. The molecule has 0 aromatic rings. The quantitative estimate of drug-likeness (QED) is 0.865. The summed E-state index contributed by atoms with van der Waals surface area (Å²) in [6.07, 6.45) is 5.38. The lowest BCUT2D eigenvalue weighted by Crippen LogP contribution is -2.56. The second-order valence-corrected chi connectivity index (χ2v) is 9.53. The summed E-state index contributed by atoms with van der Waals surface area (Å²) in [6.45, 7) is 11.7. The van der Waals surface area contributed by atoms with Gasteiger partial charge in [0.05, 0.1) is 0 Å². The Morgan fingerprint density at radius 2 is 2.00 bits per heavy atom. The summed E-state index contributed by atoms with van der Waals surface area (Å²) < 4.78 is 0.435. The minimum atomic E-state index is 0.253. The average Bonchev–Trinajstić information content (AvgIpc) is 3.19. The fourth-order valence-corrected chi connectivity index (χ4v) is 5.22. The van der Waals surface area contributed by atoms with Crippen molar-refractivity contribution in [3.8, 4) is 0 Å². The summed E-state index contributed by atoms with van der Waals surface area (Å²) in [4.78, 5) is 5.49. The summed E-state index contributed by atoms with van der Waals surface area (Å²) in [7, 11) is 0. The van der Waals surface area contributed by atoms with Gasteiger partial charge in [0.15, 0.2) is 0 Å². The Bertz CT molecular complexity index is 356. The van der Waals surface area contributed by atoms with Gasteiger partial charge >= 0.3 is 0 Å². The first-order valence-corrected chi connectivity index (χ1v) is 9.29. The van der Waals surface area contributed by atoms with E-state index in [1.54, 1.807) is 0 Å². The van der Waals surface area contributed by atoms with Crippen LogP contribution in [0.1, 0.15) is 46.5 Å². The molecule has 2 N–H and O–H groups in total. The van der Waals surface area contributed by atoms with Crippen LogP contribution < -0.4 is 5.73 Å². The number of nitrogens with two attached hydrogens (primary N) is 1. The van der Waals surface area contributed by atoms with Gasteiger partial charge in [0, 0.05) is 54.3 Å². The predicted octanol–water partition coefficient (Wildman–Crippen LogP) is 2.16. The highest BCUT2D eigenvalue weighted by molar-refractivity contribution is 8.00. The fraction of sp³-hybridized carbons (Fsp3) is 1.00. The summed E-state index contributed by atoms with van der Waals surface area (Å²) in [6, 6.07) is 1.59. The molecule has 3 nitrogen and oxygen atoms in total. The molecule has 3 aliphatic rings. The molecular formula is C16H31N3S. The van der Waals surface area contributed by atoms with Gasteiger partial charge in [-0.3, -0.25) is 9.80 Å². The molecule has 2 saturated heterocycles. The first-order chi connectivity index (χ1) is 9.46. The van der Waals surface area contributed by atoms with Crippen LogP contribution in [-0.4, -0.2) is 64.1 Å². The summed E-state index contributed by atoms with van der Waals surface area (Å²) >= 11 is 2.14. The lowest BCUT2D eigenvalue weighted by atomic mass is 9.93. The van der Waals surface area contributed by atoms with E-state index in [1.807, 2.05) is 0 Å². The van der Waals surface area contributed by atoms with Crippen molar-refractivity contribution in [1.82, 2.24) is 9.80 Å². The Kier molecular flexibility index (Phi) is 4.13. The average molecular weight is 298 g/mol. The Labute approximate surface area is 128 Å². The zero-order chi connectivity index (χ0) is 14.4. The minimum absolute atomic E-state index is 0.253. The van der Waals surface area contributed by atoms with Gasteiger partial charge in [-0.15, -0.1) is 0 Å². The molecule has 3 fully saturated rings. The Hall–Kier alpha value is 0.230. The number of likely N-dealkylation sites (tertiary alicyclic amines) is 1. The molecule has 2 heterocycles. The van der Waals surface area contributed by atoms with Crippen LogP contribution in [-0.2, 0) is 0 Å². The SMILES string of the molecule is CC1CC(CN)(N2CCSC(C)(C)CC2)CN1C1CC1. The van der Waals surface area contributed by atoms with E-state index in [-0.39, 0.29) is 5.54 Å². The van der Waals surface area contributed by atoms with Gasteiger partial charge in [-0.05, 0) is 32.6 Å². The van der Waals surface area contributed by atoms with E-state index in [0.29, 0.717) is 4.75 Å². The van der Waals surface area contributed by atoms with E-state index in [2.05, 4.69) is 42.3 Å². The molecular weight excluding hydrogens is 266 g/mol. The van der Waals surface area contributed by atoms with E-state index in [4.69, 9.17) is 5.73 Å². The highest BCUT2D eigenvalue weighted by Gasteiger charge is 2.49. The van der Waals surface area contributed by atoms with Crippen molar-refractivity contribution in [2.45, 2.75) is 68.8 Å². The predicted molar refractivity (Wildman–Crippen MR) is 88.3 cm³/mol. The molecule has 1 aliphatic carbocycles. The van der Waals surface area contributed by atoms with Gasteiger partial charge in [-0.25, -0.2) is 0 Å². The van der Waals surface area contributed by atoms with Crippen molar-refractivity contribution in [3.63, 3.8) is 0 Å². The Morgan fingerprint density at radius 1 is 1.25 bits per heavy atom. The van der Waals surface area contributed by atoms with E-state index < -0.39 is 0 Å². The molecule has 20 heavy (non-hydrogen) atoms. The lowest BCUT2D eigenvalue weighted by Gasteiger charge is -2.40. The molecule has 0 spiro atoms. The summed E-state index contributed by atoms with van der Waals surface area (Å²) in [5.41, 5.74) is 6.54. The minimum Gasteiger partial charge on any atom is -0.329 e. The van der Waals surface area contributed by atoms with Gasteiger partial charge in [0.25, 0.3) is 0 Å². The number of thioether (sulfide) groups is 1. The van der Waals surface area contributed by atoms with Crippen LogP contribution in [0.3, 0.4) is 0 Å². The second-order valence-electron chi connectivity index (χ2n) is 7.73. The van der Waals surface area contributed by atoms with Gasteiger partial charge in [-0.1, -0.05) is 13.8 Å². The fourth-order valence-electron chi connectivity index (χ4n) is 4.12. The van der Waals surface area contributed by atoms with E-state index in [1.165, 1.54) is 51.1 Å². The highest BCUT2D eigenvalue weighted by Crippen LogP contribution is 2.41. The standard InChI is InChI=1S/C16H31N3S/c1-13-10-16(11-17,12-19(13)14-4-5-14)18-7-6-15(2,3)20-9-8-18/h13-14H,4-12,17H2,1-3H3. The first-order valence-electron chi connectivity index (χ1n) is 8.31. The van der Waals surface area contributed by atoms with Gasteiger partial charge in [0.2, 0.25) is 0 Å². The molecule has 0 radical (unpaired) electrons. The van der Waals surface area contributed by atoms with Crippen LogP contribution in [0.5, 0.6) is 0 Å². The van der Waals surface area contributed by atoms with Gasteiger partial charge in [0.1, 0.15) is 0 Å². The van der Waals surface area contributed by atoms with Crippen LogP contribution >= 0.6 is 11.8 Å². The number of nitrogens with zero attached hydrogens (tertiary/aromatic N) is 2. The Balaban J connectivity index is 1.72. The van der Waals surface area contributed by atoms with Crippen LogP contribution in [0.25, 0.3) is 0 Å². The van der Waals surface area contributed by atoms with Crippen LogP contribution in [0.4, 0.5) is 0 Å². The van der Waals surface area contributed by atoms with Crippen molar-refractivity contribution < 1.29 is 0 Å². The molecule has 3 rings (SSSR count). The molecule has 116 valence electrons. The third-order valence-corrected chi connectivity index (χ3v) is 7.00. The maximum absolute atomic E-state index is 6.29. The van der Waals surface area contributed by atoms with Crippen LogP contribution in [0.15, 0.2) is 0 Å². The zero-order valence-corrected chi connectivity index (χ0v) is 14.2. The number of hydrogen-bond donors (Lipinski definition) is 1. The molecule has 4 heteroatoms. The first kappa shape index (κ1) is 15.1. The van der Waals surface area contributed by atoms with Crippen molar-refractivity contribution >= 4 is 11.8 Å². The van der Waals surface area contributed by atoms with Crippen LogP contribution in [0, 0.1) is 0 Å². The summed E-state index contributed by atoms with van der Waals surface area (Å²) in [5, 5.41) is 0. The highest BCUT2D eigenvalue weighted by atomic mass is 32.2. The normalized spacial score (nSPS) is 39.9. The largest absolute Gasteiger partial charge is 0.329 e. The topological polar surface area (TPSA) is 32.5 Å². The van der Waals surface area contributed by atoms with Crippen molar-refractivity contribution in [3.05, 3.63) is 0 Å². The Morgan fingerprint density at radius 3 is 2.65 bits per heavy atom. The molecule has 0 bridgehead atoms. The maximum atomic E-state index is 6.29. The van der Waals surface area contributed by atoms with E-state index >= 15 is 0 Å². The molecule has 1 saturated carbocycles. The molecule has 0 aromatic heterocycles. The number of rotatable bonds is 3. The van der Waals surface area contributed by atoms with E-state index in [9.17, 15) is 0 Å². The zero-order valence-electron chi connectivity index (χ0n) is 13.4. The molecule has 2 atom stereocenters. The molecule has 0 aromatic carbocycles. The van der Waals surface area contributed by atoms with Crippen molar-refractivity contribution in [2.75, 3.05) is 31.9 Å². The van der Waals surface area contributed by atoms with Gasteiger partial charge in [-0.2, -0.15) is 11.8 Å². The van der Waals surface area contributed by atoms with Gasteiger partial charge < -0.3 is 5.73 Å². The lowest BCUT2D eigenvalue weighted by molar-refractivity contribution is 0.103.